The van der Waals surface area contributed by atoms with Gasteiger partial charge in [-0.1, -0.05) is 72.0 Å². The molecule has 0 radical (unpaired) electrons. The molecule has 1 amide bonds. The lowest BCUT2D eigenvalue weighted by atomic mass is 10.1. The fraction of sp³-hybridized carbons (Fsp3) is 0.194. The zero-order valence-electron chi connectivity index (χ0n) is 21.9. The van der Waals surface area contributed by atoms with Crippen molar-refractivity contribution in [3.63, 3.8) is 0 Å². The van der Waals surface area contributed by atoms with Crippen LogP contribution >= 0.6 is 24.0 Å². The van der Waals surface area contributed by atoms with Crippen LogP contribution in [0.2, 0.25) is 0 Å². The van der Waals surface area contributed by atoms with Crippen LogP contribution in [0.3, 0.4) is 0 Å². The molecule has 0 saturated carbocycles. The molecular formula is C31H29N3O3S2. The van der Waals surface area contributed by atoms with Gasteiger partial charge in [0.25, 0.3) is 5.91 Å². The third-order valence-corrected chi connectivity index (χ3v) is 7.69. The first kappa shape index (κ1) is 26.9. The maximum absolute atomic E-state index is 13.2. The molecule has 8 heteroatoms. The topological polar surface area (TPSA) is 56.6 Å². The minimum absolute atomic E-state index is 0.0839. The maximum Gasteiger partial charge on any atom is 0.266 e. The van der Waals surface area contributed by atoms with Gasteiger partial charge in [-0.2, -0.15) is 5.10 Å². The second kappa shape index (κ2) is 12.4. The van der Waals surface area contributed by atoms with E-state index in [-0.39, 0.29) is 5.91 Å². The van der Waals surface area contributed by atoms with Crippen molar-refractivity contribution in [2.45, 2.75) is 20.0 Å². The van der Waals surface area contributed by atoms with E-state index < -0.39 is 0 Å². The Balaban J connectivity index is 1.41. The van der Waals surface area contributed by atoms with Gasteiger partial charge < -0.3 is 9.47 Å². The van der Waals surface area contributed by atoms with Crippen LogP contribution in [0.15, 0.2) is 90.0 Å². The number of carbonyl (C=O) groups excluding carboxylic acids is 1. The highest BCUT2D eigenvalue weighted by atomic mass is 32.2. The molecular weight excluding hydrogens is 526 g/mol. The molecule has 1 saturated heterocycles. The molecule has 39 heavy (non-hydrogen) atoms. The number of para-hydroxylation sites is 1. The number of ether oxygens (including phenoxy) is 2. The number of hydrogen-bond donors (Lipinski definition) is 0. The third kappa shape index (κ3) is 6.47. The molecule has 0 aliphatic carbocycles. The summed E-state index contributed by atoms with van der Waals surface area (Å²) in [7, 11) is 1.65. The molecule has 1 aliphatic heterocycles. The summed E-state index contributed by atoms with van der Waals surface area (Å²) in [6, 6.07) is 26.1. The number of aryl methyl sites for hydroxylation is 1. The number of aromatic nitrogens is 2. The van der Waals surface area contributed by atoms with Crippen LogP contribution in [0.4, 0.5) is 0 Å². The summed E-state index contributed by atoms with van der Waals surface area (Å²) in [6.07, 6.45) is 4.56. The van der Waals surface area contributed by atoms with Crippen molar-refractivity contribution in [2.24, 2.45) is 0 Å². The zero-order valence-corrected chi connectivity index (χ0v) is 23.5. The van der Waals surface area contributed by atoms with Crippen molar-refractivity contribution in [3.8, 4) is 22.7 Å². The quantitative estimate of drug-likeness (QED) is 0.124. The number of rotatable bonds is 10. The average molecular weight is 556 g/mol. The summed E-state index contributed by atoms with van der Waals surface area (Å²) >= 11 is 6.82. The van der Waals surface area contributed by atoms with Gasteiger partial charge in [-0.15, -0.1) is 0 Å². The van der Waals surface area contributed by atoms with Crippen LogP contribution in [0.5, 0.6) is 5.75 Å². The predicted molar refractivity (Wildman–Crippen MR) is 161 cm³/mol. The van der Waals surface area contributed by atoms with Gasteiger partial charge in [0.05, 0.1) is 16.3 Å². The standard InChI is InChI=1S/C31H29N3O3S2/c1-22-9-11-23(12-10-22)21-37-27-15-13-24(14-16-27)29-25(20-34(32-29)26-7-4-3-5-8-26)19-28-30(35)33(31(38)39-28)17-6-18-36-2/h3-5,7-16,19-20H,6,17-18,21H2,1-2H3. The van der Waals surface area contributed by atoms with Crippen molar-refractivity contribution < 1.29 is 14.3 Å². The van der Waals surface area contributed by atoms with Crippen molar-refractivity contribution in [1.82, 2.24) is 14.7 Å². The van der Waals surface area contributed by atoms with Gasteiger partial charge in [0.2, 0.25) is 0 Å². The fourth-order valence-electron chi connectivity index (χ4n) is 4.19. The normalized spacial score (nSPS) is 14.4. The number of methoxy groups -OCH3 is 1. The molecule has 2 heterocycles. The minimum Gasteiger partial charge on any atom is -0.489 e. The van der Waals surface area contributed by atoms with Crippen LogP contribution in [0.1, 0.15) is 23.1 Å². The largest absolute Gasteiger partial charge is 0.489 e. The molecule has 1 fully saturated rings. The highest BCUT2D eigenvalue weighted by Gasteiger charge is 2.32. The van der Waals surface area contributed by atoms with Crippen LogP contribution in [-0.2, 0) is 16.1 Å². The van der Waals surface area contributed by atoms with Crippen LogP contribution in [0, 0.1) is 6.92 Å². The molecule has 5 rings (SSSR count). The van der Waals surface area contributed by atoms with Crippen molar-refractivity contribution >= 4 is 40.3 Å². The summed E-state index contributed by atoms with van der Waals surface area (Å²) in [4.78, 5) is 15.4. The number of amides is 1. The Morgan fingerprint density at radius 1 is 1.00 bits per heavy atom. The van der Waals surface area contributed by atoms with Gasteiger partial charge in [0.1, 0.15) is 16.7 Å². The first-order valence-electron chi connectivity index (χ1n) is 12.7. The minimum atomic E-state index is -0.0839. The maximum atomic E-state index is 13.2. The Hall–Kier alpha value is -3.72. The molecule has 0 atom stereocenters. The number of benzene rings is 3. The Bertz CT molecular complexity index is 1480. The molecule has 0 unspecified atom stereocenters. The third-order valence-electron chi connectivity index (χ3n) is 6.31. The van der Waals surface area contributed by atoms with E-state index in [9.17, 15) is 4.79 Å². The highest BCUT2D eigenvalue weighted by molar-refractivity contribution is 8.26. The van der Waals surface area contributed by atoms with Crippen molar-refractivity contribution in [1.29, 1.82) is 0 Å². The van der Waals surface area contributed by atoms with Crippen LogP contribution in [0.25, 0.3) is 23.0 Å². The van der Waals surface area contributed by atoms with E-state index in [1.807, 2.05) is 71.6 Å². The Kier molecular flexibility index (Phi) is 8.56. The molecule has 1 aliphatic rings. The number of thiocarbonyl (C=S) groups is 1. The van der Waals surface area contributed by atoms with Crippen LogP contribution < -0.4 is 4.74 Å². The lowest BCUT2D eigenvalue weighted by molar-refractivity contribution is -0.122. The van der Waals surface area contributed by atoms with Crippen molar-refractivity contribution in [3.05, 3.63) is 107 Å². The molecule has 198 valence electrons. The summed E-state index contributed by atoms with van der Waals surface area (Å²) < 4.78 is 13.5. The van der Waals surface area contributed by atoms with E-state index in [1.165, 1.54) is 17.3 Å². The van der Waals surface area contributed by atoms with Crippen molar-refractivity contribution in [2.75, 3.05) is 20.3 Å². The van der Waals surface area contributed by atoms with E-state index in [0.29, 0.717) is 29.0 Å². The Morgan fingerprint density at radius 3 is 2.46 bits per heavy atom. The molecule has 0 spiro atoms. The molecule has 1 aromatic heterocycles. The Morgan fingerprint density at radius 2 is 1.74 bits per heavy atom. The summed E-state index contributed by atoms with van der Waals surface area (Å²) in [5.74, 6) is 0.694. The van der Waals surface area contributed by atoms with E-state index in [2.05, 4.69) is 31.2 Å². The van der Waals surface area contributed by atoms with Gasteiger partial charge in [0, 0.05) is 37.6 Å². The zero-order chi connectivity index (χ0) is 27.2. The van der Waals surface area contributed by atoms with Gasteiger partial charge in [-0.25, -0.2) is 4.68 Å². The number of hydrogen-bond acceptors (Lipinski definition) is 6. The predicted octanol–water partition coefficient (Wildman–Crippen LogP) is 6.66. The lowest BCUT2D eigenvalue weighted by Gasteiger charge is -2.13. The number of thioether (sulfide) groups is 1. The highest BCUT2D eigenvalue weighted by Crippen LogP contribution is 2.35. The monoisotopic (exact) mass is 555 g/mol. The van der Waals surface area contributed by atoms with Crippen LogP contribution in [-0.4, -0.2) is 45.2 Å². The number of carbonyl (C=O) groups is 1. The molecule has 3 aromatic carbocycles. The molecule has 6 nitrogen and oxygen atoms in total. The second-order valence-electron chi connectivity index (χ2n) is 9.19. The first-order valence-corrected chi connectivity index (χ1v) is 13.9. The van der Waals surface area contributed by atoms with E-state index >= 15 is 0 Å². The fourth-order valence-corrected chi connectivity index (χ4v) is 5.49. The average Bonchev–Trinajstić information content (AvgIpc) is 3.50. The second-order valence-corrected chi connectivity index (χ2v) is 10.9. The molecule has 0 bridgehead atoms. The van der Waals surface area contributed by atoms with Gasteiger partial charge in [-0.3, -0.25) is 9.69 Å². The van der Waals surface area contributed by atoms with E-state index in [0.717, 1.165) is 40.2 Å². The summed E-state index contributed by atoms with van der Waals surface area (Å²) in [5, 5.41) is 4.90. The smallest absolute Gasteiger partial charge is 0.266 e. The summed E-state index contributed by atoms with van der Waals surface area (Å²) in [6.45, 7) is 3.69. The van der Waals surface area contributed by atoms with Gasteiger partial charge in [0.15, 0.2) is 0 Å². The lowest BCUT2D eigenvalue weighted by Crippen LogP contribution is -2.29. The summed E-state index contributed by atoms with van der Waals surface area (Å²) in [5.41, 5.74) is 5.81. The first-order chi connectivity index (χ1) is 19.0. The molecule has 4 aromatic rings. The SMILES string of the molecule is COCCCN1C(=O)C(=Cc2cn(-c3ccccc3)nc2-c2ccc(OCc3ccc(C)cc3)cc2)SC1=S. The van der Waals surface area contributed by atoms with Gasteiger partial charge >= 0.3 is 0 Å². The van der Waals surface area contributed by atoms with E-state index in [1.54, 1.807) is 12.0 Å². The van der Waals surface area contributed by atoms with Gasteiger partial charge in [-0.05, 0) is 61.4 Å². The molecule has 0 N–H and O–H groups in total. The number of nitrogens with zero attached hydrogens (tertiary/aromatic N) is 3. The Labute approximate surface area is 238 Å². The van der Waals surface area contributed by atoms with E-state index in [4.69, 9.17) is 26.8 Å².